The zero-order valence-corrected chi connectivity index (χ0v) is 19.2. The Balaban J connectivity index is 3.10. The number of carboxylic acid groups (broad SMARTS) is 1. The van der Waals surface area contributed by atoms with E-state index in [9.17, 15) is 9.59 Å². The van der Waals surface area contributed by atoms with Crippen LogP contribution in [0.2, 0.25) is 0 Å². The minimum absolute atomic E-state index is 0.0360. The summed E-state index contributed by atoms with van der Waals surface area (Å²) >= 11 is 0. The summed E-state index contributed by atoms with van der Waals surface area (Å²) in [5.41, 5.74) is 0. The highest BCUT2D eigenvalue weighted by molar-refractivity contribution is 5.71. The van der Waals surface area contributed by atoms with Gasteiger partial charge in [0.15, 0.2) is 0 Å². The van der Waals surface area contributed by atoms with E-state index in [-0.39, 0.29) is 18.8 Å². The fourth-order valence-corrected chi connectivity index (χ4v) is 3.65. The molecular weight excluding hydrogens is 364 g/mol. The Morgan fingerprint density at radius 2 is 0.931 bits per heavy atom. The van der Waals surface area contributed by atoms with E-state index in [0.717, 1.165) is 12.8 Å². The van der Waals surface area contributed by atoms with Crippen molar-refractivity contribution in [2.24, 2.45) is 0 Å². The Bertz CT molecular complexity index is 368. The third-order valence-electron chi connectivity index (χ3n) is 5.53. The number of rotatable bonds is 23. The van der Waals surface area contributed by atoms with E-state index in [4.69, 9.17) is 9.84 Å². The molecule has 0 unspecified atom stereocenters. The van der Waals surface area contributed by atoms with Crippen molar-refractivity contribution in [2.45, 2.75) is 142 Å². The van der Waals surface area contributed by atoms with Gasteiger partial charge in [-0.1, -0.05) is 116 Å². The summed E-state index contributed by atoms with van der Waals surface area (Å²) in [5.74, 6) is -1.13. The van der Waals surface area contributed by atoms with Crippen LogP contribution in [0, 0.1) is 0 Å². The first-order valence-electron chi connectivity index (χ1n) is 12.5. The van der Waals surface area contributed by atoms with E-state index in [2.05, 4.69) is 6.92 Å². The number of hydrogen-bond acceptors (Lipinski definition) is 3. The van der Waals surface area contributed by atoms with Gasteiger partial charge in [0.05, 0.1) is 6.61 Å². The first kappa shape index (κ1) is 27.9. The molecule has 0 aliphatic heterocycles. The monoisotopic (exact) mass is 412 g/mol. The Morgan fingerprint density at radius 3 is 1.31 bits per heavy atom. The number of carbonyl (C=O) groups excluding carboxylic acids is 1. The predicted molar refractivity (Wildman–Crippen MR) is 121 cm³/mol. The molecule has 0 amide bonds. The Labute approximate surface area is 180 Å². The Hall–Kier alpha value is -1.06. The van der Waals surface area contributed by atoms with Gasteiger partial charge in [0.2, 0.25) is 0 Å². The highest BCUT2D eigenvalue weighted by atomic mass is 16.5. The van der Waals surface area contributed by atoms with Gasteiger partial charge in [0.1, 0.15) is 0 Å². The molecule has 0 spiro atoms. The van der Waals surface area contributed by atoms with E-state index in [1.165, 1.54) is 103 Å². The van der Waals surface area contributed by atoms with Gasteiger partial charge in [0, 0.05) is 12.8 Å². The normalized spacial score (nSPS) is 10.9. The van der Waals surface area contributed by atoms with E-state index in [1.807, 2.05) is 0 Å². The van der Waals surface area contributed by atoms with Crippen LogP contribution < -0.4 is 0 Å². The molecule has 0 saturated carbocycles. The standard InChI is InChI=1S/C25H48O4/c1-2-3-4-5-6-7-8-9-10-11-12-13-14-15-16-17-18-19-23-29-25(28)22-20-21-24(26)27/h2-23H2,1H3,(H,26,27). The van der Waals surface area contributed by atoms with Crippen molar-refractivity contribution >= 4 is 11.9 Å². The first-order chi connectivity index (χ1) is 14.2. The summed E-state index contributed by atoms with van der Waals surface area (Å²) in [6, 6.07) is 0. The zero-order chi connectivity index (χ0) is 21.4. The van der Waals surface area contributed by atoms with Crippen LogP contribution in [0.4, 0.5) is 0 Å². The molecule has 0 aliphatic carbocycles. The number of aliphatic carboxylic acids is 1. The summed E-state index contributed by atoms with van der Waals surface area (Å²) in [6.07, 6.45) is 24.8. The first-order valence-corrected chi connectivity index (χ1v) is 12.5. The van der Waals surface area contributed by atoms with Crippen LogP contribution in [-0.2, 0) is 14.3 Å². The predicted octanol–water partition coefficient (Wildman–Crippen LogP) is 7.83. The molecule has 1 N–H and O–H groups in total. The fourth-order valence-electron chi connectivity index (χ4n) is 3.65. The average molecular weight is 413 g/mol. The third kappa shape index (κ3) is 24.9. The molecule has 0 rings (SSSR count). The van der Waals surface area contributed by atoms with E-state index in [0.29, 0.717) is 13.0 Å². The number of carboxylic acids is 1. The average Bonchev–Trinajstić information content (AvgIpc) is 2.69. The SMILES string of the molecule is CCCCCCCCCCCCCCCCCCCCOC(=O)CCCC(=O)O. The van der Waals surface area contributed by atoms with Gasteiger partial charge in [-0.2, -0.15) is 0 Å². The lowest BCUT2D eigenvalue weighted by Crippen LogP contribution is -2.06. The minimum atomic E-state index is -0.860. The smallest absolute Gasteiger partial charge is 0.305 e. The van der Waals surface area contributed by atoms with Crippen LogP contribution >= 0.6 is 0 Å². The third-order valence-corrected chi connectivity index (χ3v) is 5.53. The van der Waals surface area contributed by atoms with Crippen LogP contribution in [0.5, 0.6) is 0 Å². The van der Waals surface area contributed by atoms with Crippen LogP contribution in [0.25, 0.3) is 0 Å². The van der Waals surface area contributed by atoms with Gasteiger partial charge in [-0.05, 0) is 12.8 Å². The minimum Gasteiger partial charge on any atom is -0.481 e. The van der Waals surface area contributed by atoms with E-state index >= 15 is 0 Å². The largest absolute Gasteiger partial charge is 0.481 e. The molecule has 0 heterocycles. The van der Waals surface area contributed by atoms with Crippen molar-refractivity contribution in [3.63, 3.8) is 0 Å². The lowest BCUT2D eigenvalue weighted by molar-refractivity contribution is -0.144. The second-order valence-electron chi connectivity index (χ2n) is 8.48. The maximum absolute atomic E-state index is 11.4. The van der Waals surface area contributed by atoms with Gasteiger partial charge in [0.25, 0.3) is 0 Å². The Kier molecular flexibility index (Phi) is 22.4. The molecule has 0 saturated heterocycles. The molecular formula is C25H48O4. The van der Waals surface area contributed by atoms with Gasteiger partial charge < -0.3 is 9.84 Å². The van der Waals surface area contributed by atoms with Crippen molar-refractivity contribution in [2.75, 3.05) is 6.61 Å². The van der Waals surface area contributed by atoms with Gasteiger partial charge >= 0.3 is 11.9 Å². The van der Waals surface area contributed by atoms with Crippen molar-refractivity contribution in [3.8, 4) is 0 Å². The van der Waals surface area contributed by atoms with Crippen molar-refractivity contribution in [1.82, 2.24) is 0 Å². The highest BCUT2D eigenvalue weighted by Gasteiger charge is 2.04. The van der Waals surface area contributed by atoms with Crippen LogP contribution in [0.3, 0.4) is 0 Å². The maximum Gasteiger partial charge on any atom is 0.305 e. The summed E-state index contributed by atoms with van der Waals surface area (Å²) < 4.78 is 5.12. The zero-order valence-electron chi connectivity index (χ0n) is 19.2. The molecule has 0 fully saturated rings. The molecule has 29 heavy (non-hydrogen) atoms. The summed E-state index contributed by atoms with van der Waals surface area (Å²) in [4.78, 5) is 21.8. The quantitative estimate of drug-likeness (QED) is 0.137. The van der Waals surface area contributed by atoms with Gasteiger partial charge in [-0.15, -0.1) is 0 Å². The van der Waals surface area contributed by atoms with E-state index < -0.39 is 5.97 Å². The number of esters is 1. The van der Waals surface area contributed by atoms with E-state index in [1.54, 1.807) is 0 Å². The molecule has 0 aromatic heterocycles. The number of hydrogen-bond donors (Lipinski definition) is 1. The molecule has 0 aromatic rings. The lowest BCUT2D eigenvalue weighted by Gasteiger charge is -2.05. The van der Waals surface area contributed by atoms with Crippen molar-refractivity contribution in [3.05, 3.63) is 0 Å². The molecule has 4 nitrogen and oxygen atoms in total. The second kappa shape index (κ2) is 23.2. The van der Waals surface area contributed by atoms with Crippen molar-refractivity contribution < 1.29 is 19.4 Å². The molecule has 0 aromatic carbocycles. The number of carbonyl (C=O) groups is 2. The fraction of sp³-hybridized carbons (Fsp3) is 0.920. The highest BCUT2D eigenvalue weighted by Crippen LogP contribution is 2.14. The molecule has 0 radical (unpaired) electrons. The molecule has 0 aliphatic rings. The summed E-state index contributed by atoms with van der Waals surface area (Å²) in [7, 11) is 0. The second-order valence-corrected chi connectivity index (χ2v) is 8.48. The molecule has 4 heteroatoms. The molecule has 0 atom stereocenters. The lowest BCUT2D eigenvalue weighted by atomic mass is 10.0. The summed E-state index contributed by atoms with van der Waals surface area (Å²) in [6.45, 7) is 2.75. The molecule has 0 bridgehead atoms. The Morgan fingerprint density at radius 1 is 0.552 bits per heavy atom. The van der Waals surface area contributed by atoms with Gasteiger partial charge in [-0.25, -0.2) is 0 Å². The maximum atomic E-state index is 11.4. The summed E-state index contributed by atoms with van der Waals surface area (Å²) in [5, 5.41) is 8.52. The number of ether oxygens (including phenoxy) is 1. The van der Waals surface area contributed by atoms with Crippen LogP contribution in [-0.4, -0.2) is 23.7 Å². The van der Waals surface area contributed by atoms with Gasteiger partial charge in [-0.3, -0.25) is 9.59 Å². The topological polar surface area (TPSA) is 63.6 Å². The number of unbranched alkanes of at least 4 members (excludes halogenated alkanes) is 17. The molecule has 172 valence electrons. The van der Waals surface area contributed by atoms with Crippen LogP contribution in [0.1, 0.15) is 142 Å². The van der Waals surface area contributed by atoms with Crippen LogP contribution in [0.15, 0.2) is 0 Å². The van der Waals surface area contributed by atoms with Crippen molar-refractivity contribution in [1.29, 1.82) is 0 Å².